The zero-order valence-electron chi connectivity index (χ0n) is 22.3. The number of hydrogen-bond donors (Lipinski definition) is 0. The molecule has 4 aromatic rings. The summed E-state index contributed by atoms with van der Waals surface area (Å²) in [4.78, 5) is 2.10. The molecule has 0 saturated carbocycles. The fraction of sp³-hybridized carbons (Fsp3) is 0.114. The number of benzene rings is 4. The maximum atomic E-state index is 3.50. The van der Waals surface area contributed by atoms with Crippen molar-refractivity contribution >= 4 is 8.89 Å². The molecule has 0 amide bonds. The molecule has 2 aliphatic rings. The van der Waals surface area contributed by atoms with Gasteiger partial charge in [-0.1, -0.05) is 41.1 Å². The van der Waals surface area contributed by atoms with Crippen LogP contribution in [-0.2, 0) is 30.7 Å². The molecule has 0 radical (unpaired) electrons. The Kier molecular flexibility index (Phi) is 12.4. The molecule has 0 aromatic heterocycles. The summed E-state index contributed by atoms with van der Waals surface area (Å²) in [6.45, 7) is 0. The number of anilines is 1. The van der Waals surface area contributed by atoms with Gasteiger partial charge in [0.05, 0.1) is 0 Å². The van der Waals surface area contributed by atoms with Gasteiger partial charge in [-0.05, 0) is 6.42 Å². The fourth-order valence-electron chi connectivity index (χ4n) is 4.02. The molecule has 0 N–H and O–H groups in total. The van der Waals surface area contributed by atoms with E-state index < -0.39 is 0 Å². The summed E-state index contributed by atoms with van der Waals surface area (Å²) in [7, 11) is 4.11. The third kappa shape index (κ3) is 8.21. The van der Waals surface area contributed by atoms with E-state index in [1.54, 1.807) is 0 Å². The van der Waals surface area contributed by atoms with E-state index in [1.165, 1.54) is 60.8 Å². The first-order valence-electron chi connectivity index (χ1n) is 11.9. The zero-order valence-corrected chi connectivity index (χ0v) is 24.8. The molecule has 0 fully saturated rings. The molecule has 0 saturated heterocycles. The van der Waals surface area contributed by atoms with E-state index in [9.17, 15) is 0 Å². The summed E-state index contributed by atoms with van der Waals surface area (Å²) >= 11 is 1.46. The molecule has 0 aliphatic heterocycles. The Balaban J connectivity index is 0.000000211. The maximum absolute atomic E-state index is 3.50. The van der Waals surface area contributed by atoms with E-state index in [-0.39, 0.29) is 14.9 Å². The van der Waals surface area contributed by atoms with Crippen LogP contribution < -0.4 is 4.90 Å². The minimum absolute atomic E-state index is 0. The van der Waals surface area contributed by atoms with Crippen LogP contribution in [0.15, 0.2) is 115 Å². The molecular formula is C35H35NZr-4. The summed E-state index contributed by atoms with van der Waals surface area (Å²) in [5.41, 5.74) is 9.29. The normalized spacial score (nSPS) is 11.3. The van der Waals surface area contributed by atoms with Crippen LogP contribution >= 0.6 is 0 Å². The average Bonchev–Trinajstić information content (AvgIpc) is 3.61. The van der Waals surface area contributed by atoms with Crippen molar-refractivity contribution in [3.63, 3.8) is 0 Å². The Morgan fingerprint density at radius 2 is 1.32 bits per heavy atom. The van der Waals surface area contributed by atoms with Crippen molar-refractivity contribution in [2.75, 3.05) is 19.0 Å². The summed E-state index contributed by atoms with van der Waals surface area (Å²) < 4.78 is 1.42. The van der Waals surface area contributed by atoms with Crippen molar-refractivity contribution in [2.24, 2.45) is 0 Å². The quantitative estimate of drug-likeness (QED) is 0.201. The van der Waals surface area contributed by atoms with Gasteiger partial charge < -0.3 is 19.8 Å². The standard InChI is InChI=1S/C15H14N.C13H10.C5H5.2CH3.Zr/c1-16(2)13-7-8-15-12(10-13)9-11-5-3-4-6-14(11)15;1-3-7-12(8-4-1)11-13-9-5-2-6-10-13;1-2-4-5-3-1;;;/h3-8H,9H2,1-2H3;1-10H;1-3H,4H2;2*1H3;/q-1;;3*-1;. The first kappa shape index (κ1) is 30.1. The number of nitrogens with zero attached hydrogens (tertiary/aromatic N) is 1. The molecule has 0 heterocycles. The predicted molar refractivity (Wildman–Crippen MR) is 158 cm³/mol. The summed E-state index contributed by atoms with van der Waals surface area (Å²) in [5.74, 6) is 0. The average molecular weight is 561 g/mol. The Bertz CT molecular complexity index is 1270. The number of hydrogen-bond acceptors (Lipinski definition) is 1. The van der Waals surface area contributed by atoms with Crippen LogP contribution in [0.25, 0.3) is 11.1 Å². The number of fused-ring (bicyclic) bond motifs is 3. The van der Waals surface area contributed by atoms with Crippen molar-refractivity contribution in [2.45, 2.75) is 12.8 Å². The number of rotatable bonds is 3. The summed E-state index contributed by atoms with van der Waals surface area (Å²) in [6, 6.07) is 37.6. The molecule has 2 heteroatoms. The van der Waals surface area contributed by atoms with E-state index in [0.29, 0.717) is 0 Å². The van der Waals surface area contributed by atoms with Gasteiger partial charge in [-0.15, -0.1) is 23.6 Å². The van der Waals surface area contributed by atoms with Gasteiger partial charge >= 0.3 is 99.2 Å². The second-order valence-corrected chi connectivity index (χ2v) is 9.80. The molecule has 0 unspecified atom stereocenters. The molecule has 37 heavy (non-hydrogen) atoms. The first-order valence-corrected chi connectivity index (χ1v) is 13.1. The van der Waals surface area contributed by atoms with Gasteiger partial charge in [0, 0.05) is 14.1 Å². The topological polar surface area (TPSA) is 3.24 Å². The first-order chi connectivity index (χ1) is 17.1. The van der Waals surface area contributed by atoms with Gasteiger partial charge in [0.1, 0.15) is 0 Å². The van der Waals surface area contributed by atoms with E-state index in [2.05, 4.69) is 134 Å². The van der Waals surface area contributed by atoms with Crippen LogP contribution in [0, 0.1) is 27.0 Å². The monoisotopic (exact) mass is 559 g/mol. The molecule has 0 spiro atoms. The van der Waals surface area contributed by atoms with Gasteiger partial charge in [-0.2, -0.15) is 18.2 Å². The molecule has 188 valence electrons. The van der Waals surface area contributed by atoms with Crippen LogP contribution in [0.5, 0.6) is 0 Å². The molecule has 0 atom stereocenters. The van der Waals surface area contributed by atoms with Crippen LogP contribution in [0.1, 0.15) is 28.7 Å². The Hall–Kier alpha value is -3.09. The van der Waals surface area contributed by atoms with Crippen LogP contribution in [0.3, 0.4) is 0 Å². The Labute approximate surface area is 239 Å². The Morgan fingerprint density at radius 3 is 1.84 bits per heavy atom. The van der Waals surface area contributed by atoms with E-state index >= 15 is 0 Å². The van der Waals surface area contributed by atoms with Crippen LogP contribution in [-0.4, -0.2) is 17.3 Å². The van der Waals surface area contributed by atoms with E-state index in [1.807, 2.05) is 12.2 Å². The van der Waals surface area contributed by atoms with Gasteiger partial charge in [0.25, 0.3) is 0 Å². The van der Waals surface area contributed by atoms with Crippen LogP contribution in [0.2, 0.25) is 0 Å². The second-order valence-electron chi connectivity index (χ2n) is 8.57. The van der Waals surface area contributed by atoms with Crippen molar-refractivity contribution in [3.05, 3.63) is 165 Å². The van der Waals surface area contributed by atoms with Crippen molar-refractivity contribution in [3.8, 4) is 11.1 Å². The van der Waals surface area contributed by atoms with E-state index in [0.717, 1.165) is 18.5 Å². The Morgan fingerprint density at radius 1 is 0.730 bits per heavy atom. The van der Waals surface area contributed by atoms with Crippen molar-refractivity contribution < 1.29 is 24.2 Å². The molecule has 2 aliphatic carbocycles. The van der Waals surface area contributed by atoms with Crippen molar-refractivity contribution in [1.82, 2.24) is 0 Å². The predicted octanol–water partition coefficient (Wildman–Crippen LogP) is 8.13. The zero-order chi connectivity index (χ0) is 24.5. The van der Waals surface area contributed by atoms with Gasteiger partial charge in [0.2, 0.25) is 0 Å². The fourth-order valence-corrected chi connectivity index (χ4v) is 4.84. The van der Waals surface area contributed by atoms with Crippen molar-refractivity contribution in [1.29, 1.82) is 0 Å². The third-order valence-corrected chi connectivity index (χ3v) is 7.30. The second kappa shape index (κ2) is 15.2. The minimum atomic E-state index is 0. The van der Waals surface area contributed by atoms with Gasteiger partial charge in [-0.25, -0.2) is 12.2 Å². The summed E-state index contributed by atoms with van der Waals surface area (Å²) in [6.07, 6.45) is 11.0. The van der Waals surface area contributed by atoms with Gasteiger partial charge in [0.15, 0.2) is 0 Å². The van der Waals surface area contributed by atoms with E-state index in [4.69, 9.17) is 0 Å². The molecule has 1 nitrogen and oxygen atoms in total. The summed E-state index contributed by atoms with van der Waals surface area (Å²) in [5, 5.41) is 0. The molecule has 0 bridgehead atoms. The number of allylic oxidation sites excluding steroid dienone is 4. The van der Waals surface area contributed by atoms with Gasteiger partial charge in [-0.3, -0.25) is 6.08 Å². The SMILES string of the molecule is CN(C)c1[c-]c2c(cc1)-c1ccccc1C2.[C-]1=CC=CC1.[CH3-].[CH3-].[Zr]=[C](c1ccccc1)c1ccccc1. The molecule has 6 rings (SSSR count). The van der Waals surface area contributed by atoms with Crippen LogP contribution in [0.4, 0.5) is 5.69 Å². The third-order valence-electron chi connectivity index (χ3n) is 5.88. The molecule has 4 aromatic carbocycles. The molecular weight excluding hydrogens is 526 g/mol.